The van der Waals surface area contributed by atoms with Crippen molar-refractivity contribution in [1.82, 2.24) is 15.2 Å². The summed E-state index contributed by atoms with van der Waals surface area (Å²) in [5.41, 5.74) is 1.27. The summed E-state index contributed by atoms with van der Waals surface area (Å²) >= 11 is 0. The number of likely N-dealkylation sites (N-methyl/N-ethyl adjacent to an activating group) is 1. The minimum absolute atomic E-state index is 0.0832. The van der Waals surface area contributed by atoms with Gasteiger partial charge in [-0.1, -0.05) is 12.1 Å². The van der Waals surface area contributed by atoms with Gasteiger partial charge in [-0.3, -0.25) is 9.59 Å². The average molecular weight is 331 g/mol. The molecule has 0 spiro atoms. The van der Waals surface area contributed by atoms with Gasteiger partial charge in [0, 0.05) is 20.4 Å². The van der Waals surface area contributed by atoms with E-state index in [1.54, 1.807) is 37.9 Å². The zero-order valence-corrected chi connectivity index (χ0v) is 13.7. The number of hydrogen-bond acceptors (Lipinski definition) is 4. The van der Waals surface area contributed by atoms with Gasteiger partial charge in [0.1, 0.15) is 5.82 Å². The first-order valence-electron chi connectivity index (χ1n) is 7.63. The Labute approximate surface area is 138 Å². The molecular formula is C17H18FN3O3. The van der Waals surface area contributed by atoms with Crippen LogP contribution in [0.15, 0.2) is 28.7 Å². The molecule has 126 valence electrons. The van der Waals surface area contributed by atoms with Crippen LogP contribution in [0.2, 0.25) is 0 Å². The Hall–Kier alpha value is -2.70. The first-order valence-corrected chi connectivity index (χ1v) is 7.63. The molecule has 2 heterocycles. The molecule has 1 fully saturated rings. The van der Waals surface area contributed by atoms with E-state index in [4.69, 9.17) is 4.42 Å². The van der Waals surface area contributed by atoms with E-state index in [2.05, 4.69) is 10.3 Å². The quantitative estimate of drug-likeness (QED) is 0.935. The number of likely N-dealkylation sites (tertiary alicyclic amines) is 1. The highest BCUT2D eigenvalue weighted by molar-refractivity contribution is 5.93. The smallest absolute Gasteiger partial charge is 0.289 e. The number of carbonyl (C=O) groups is 2. The summed E-state index contributed by atoms with van der Waals surface area (Å²) in [5.74, 6) is -0.285. The van der Waals surface area contributed by atoms with Gasteiger partial charge in [0.25, 0.3) is 5.91 Å². The Morgan fingerprint density at radius 1 is 1.33 bits per heavy atom. The maximum atomic E-state index is 13.2. The van der Waals surface area contributed by atoms with Crippen LogP contribution in [0.25, 0.3) is 0 Å². The number of benzene rings is 1. The number of halogens is 1. The SMILES string of the molecule is Cc1nc(C)c(C(=O)N[C@@H]2CC(=O)N(C)[C@@H]2c2ccc(F)cc2)o1. The maximum absolute atomic E-state index is 13.2. The van der Waals surface area contributed by atoms with Crippen LogP contribution < -0.4 is 5.32 Å². The zero-order chi connectivity index (χ0) is 17.4. The molecule has 24 heavy (non-hydrogen) atoms. The summed E-state index contributed by atoms with van der Waals surface area (Å²) in [6, 6.07) is 5.15. The van der Waals surface area contributed by atoms with E-state index in [1.807, 2.05) is 0 Å². The molecule has 7 heteroatoms. The van der Waals surface area contributed by atoms with Crippen LogP contribution >= 0.6 is 0 Å². The summed E-state index contributed by atoms with van der Waals surface area (Å²) in [6.07, 6.45) is 0.177. The van der Waals surface area contributed by atoms with Crippen LogP contribution in [0.1, 0.15) is 40.2 Å². The molecule has 3 rings (SSSR count). The highest BCUT2D eigenvalue weighted by Crippen LogP contribution is 2.32. The van der Waals surface area contributed by atoms with Crippen molar-refractivity contribution in [1.29, 1.82) is 0 Å². The number of hydrogen-bond donors (Lipinski definition) is 1. The minimum atomic E-state index is -0.426. The van der Waals surface area contributed by atoms with Gasteiger partial charge in [0.05, 0.1) is 17.8 Å². The van der Waals surface area contributed by atoms with Crippen LogP contribution in [0, 0.1) is 19.7 Å². The molecule has 1 N–H and O–H groups in total. The van der Waals surface area contributed by atoms with E-state index in [0.717, 1.165) is 5.56 Å². The average Bonchev–Trinajstić information content (AvgIpc) is 3.00. The molecule has 0 unspecified atom stereocenters. The van der Waals surface area contributed by atoms with Crippen molar-refractivity contribution in [3.8, 4) is 0 Å². The van der Waals surface area contributed by atoms with Crippen molar-refractivity contribution >= 4 is 11.8 Å². The fraction of sp³-hybridized carbons (Fsp3) is 0.353. The van der Waals surface area contributed by atoms with Crippen molar-refractivity contribution in [2.45, 2.75) is 32.4 Å². The predicted octanol–water partition coefficient (Wildman–Crippen LogP) is 2.13. The van der Waals surface area contributed by atoms with Crippen molar-refractivity contribution in [3.05, 3.63) is 53.0 Å². The lowest BCUT2D eigenvalue weighted by molar-refractivity contribution is -0.127. The topological polar surface area (TPSA) is 75.4 Å². The van der Waals surface area contributed by atoms with Gasteiger partial charge in [-0.2, -0.15) is 0 Å². The molecular weight excluding hydrogens is 313 g/mol. The fourth-order valence-corrected chi connectivity index (χ4v) is 3.09. The molecule has 0 aliphatic carbocycles. The molecule has 0 radical (unpaired) electrons. The largest absolute Gasteiger partial charge is 0.436 e. The molecule has 1 aliphatic rings. The Bertz CT molecular complexity index is 785. The zero-order valence-electron chi connectivity index (χ0n) is 13.7. The van der Waals surface area contributed by atoms with Gasteiger partial charge < -0.3 is 14.6 Å². The molecule has 2 amide bonds. The third-order valence-corrected chi connectivity index (χ3v) is 4.22. The number of aromatic nitrogens is 1. The molecule has 0 saturated carbocycles. The normalized spacial score (nSPS) is 20.5. The highest BCUT2D eigenvalue weighted by Gasteiger charge is 2.40. The van der Waals surface area contributed by atoms with Crippen LogP contribution in [-0.4, -0.2) is 34.8 Å². The standard InChI is InChI=1S/C17H18FN3O3/c1-9-16(24-10(2)19-9)17(23)20-13-8-14(22)21(3)15(13)11-4-6-12(18)7-5-11/h4-7,13,15H,8H2,1-3H3,(H,20,23)/t13-,15-/m1/s1. The molecule has 2 atom stereocenters. The van der Waals surface area contributed by atoms with Crippen LogP contribution in [-0.2, 0) is 4.79 Å². The van der Waals surface area contributed by atoms with Gasteiger partial charge in [-0.15, -0.1) is 0 Å². The Balaban J connectivity index is 1.85. The molecule has 1 aromatic heterocycles. The summed E-state index contributed by atoms with van der Waals surface area (Å²) in [7, 11) is 1.67. The predicted molar refractivity (Wildman–Crippen MR) is 83.8 cm³/mol. The van der Waals surface area contributed by atoms with Crippen LogP contribution in [0.4, 0.5) is 4.39 Å². The number of amides is 2. The van der Waals surface area contributed by atoms with Crippen molar-refractivity contribution in [2.24, 2.45) is 0 Å². The molecule has 6 nitrogen and oxygen atoms in total. The summed E-state index contributed by atoms with van der Waals surface area (Å²) < 4.78 is 18.5. The van der Waals surface area contributed by atoms with E-state index in [-0.39, 0.29) is 29.9 Å². The van der Waals surface area contributed by atoms with Gasteiger partial charge in [0.2, 0.25) is 11.7 Å². The molecule has 2 aromatic rings. The number of nitrogens with one attached hydrogen (secondary N) is 1. The lowest BCUT2D eigenvalue weighted by Crippen LogP contribution is -2.39. The van der Waals surface area contributed by atoms with Gasteiger partial charge in [0.15, 0.2) is 5.89 Å². The minimum Gasteiger partial charge on any atom is -0.436 e. The monoisotopic (exact) mass is 331 g/mol. The van der Waals surface area contributed by atoms with E-state index in [0.29, 0.717) is 11.6 Å². The molecule has 1 aromatic carbocycles. The second-order valence-electron chi connectivity index (χ2n) is 5.93. The second-order valence-corrected chi connectivity index (χ2v) is 5.93. The van der Waals surface area contributed by atoms with Crippen molar-refractivity contribution < 1.29 is 18.4 Å². The Morgan fingerprint density at radius 3 is 2.58 bits per heavy atom. The van der Waals surface area contributed by atoms with Crippen LogP contribution in [0.3, 0.4) is 0 Å². The van der Waals surface area contributed by atoms with Gasteiger partial charge in [-0.05, 0) is 24.6 Å². The number of aryl methyl sites for hydroxylation is 2. The highest BCUT2D eigenvalue weighted by atomic mass is 19.1. The number of rotatable bonds is 3. The van der Waals surface area contributed by atoms with Crippen molar-refractivity contribution in [2.75, 3.05) is 7.05 Å². The molecule has 0 bridgehead atoms. The second kappa shape index (κ2) is 6.07. The Morgan fingerprint density at radius 2 is 2.00 bits per heavy atom. The maximum Gasteiger partial charge on any atom is 0.289 e. The summed E-state index contributed by atoms with van der Waals surface area (Å²) in [4.78, 5) is 30.2. The fourth-order valence-electron chi connectivity index (χ4n) is 3.09. The number of oxazole rings is 1. The number of nitrogens with zero attached hydrogens (tertiary/aromatic N) is 2. The van der Waals surface area contributed by atoms with E-state index in [9.17, 15) is 14.0 Å². The summed E-state index contributed by atoms with van der Waals surface area (Å²) in [5, 5.41) is 2.84. The third-order valence-electron chi connectivity index (χ3n) is 4.22. The van der Waals surface area contributed by atoms with Gasteiger partial charge >= 0.3 is 0 Å². The van der Waals surface area contributed by atoms with Crippen LogP contribution in [0.5, 0.6) is 0 Å². The lowest BCUT2D eigenvalue weighted by atomic mass is 10.00. The number of carbonyl (C=O) groups excluding carboxylic acids is 2. The van der Waals surface area contributed by atoms with E-state index in [1.165, 1.54) is 12.1 Å². The third kappa shape index (κ3) is 2.89. The van der Waals surface area contributed by atoms with E-state index >= 15 is 0 Å². The summed E-state index contributed by atoms with van der Waals surface area (Å²) in [6.45, 7) is 3.35. The van der Waals surface area contributed by atoms with Gasteiger partial charge in [-0.25, -0.2) is 9.37 Å². The van der Waals surface area contributed by atoms with E-state index < -0.39 is 11.9 Å². The molecule has 1 saturated heterocycles. The first-order chi connectivity index (χ1) is 11.4. The Kier molecular flexibility index (Phi) is 4.09. The lowest BCUT2D eigenvalue weighted by Gasteiger charge is -2.25. The molecule has 1 aliphatic heterocycles. The van der Waals surface area contributed by atoms with Crippen molar-refractivity contribution in [3.63, 3.8) is 0 Å². The first kappa shape index (κ1) is 16.2.